The molecule has 10 heteroatoms. The monoisotopic (exact) mass is 641 g/mol. The number of carbonyl (C=O) groups is 5. The minimum absolute atomic E-state index is 0.0686. The number of imide groups is 1. The summed E-state index contributed by atoms with van der Waals surface area (Å²) in [5, 5.41) is 2.93. The molecule has 2 heterocycles. The molecule has 2 aliphatic heterocycles. The van der Waals surface area contributed by atoms with Gasteiger partial charge in [-0.15, -0.1) is 0 Å². The smallest absolute Gasteiger partial charge is 0.321 e. The van der Waals surface area contributed by atoms with E-state index < -0.39 is 36.2 Å². The lowest BCUT2D eigenvalue weighted by molar-refractivity contribution is -0.123. The van der Waals surface area contributed by atoms with Crippen molar-refractivity contribution >= 4 is 46.7 Å². The molecule has 0 radical (unpaired) electrons. The van der Waals surface area contributed by atoms with Crippen molar-refractivity contribution in [1.29, 1.82) is 0 Å². The summed E-state index contributed by atoms with van der Waals surface area (Å²) in [7, 11) is 1.74. The van der Waals surface area contributed by atoms with Crippen LogP contribution in [-0.4, -0.2) is 59.1 Å². The summed E-state index contributed by atoms with van der Waals surface area (Å²) in [5.74, 6) is -1.88. The molecule has 1 saturated carbocycles. The second kappa shape index (κ2) is 12.8. The van der Waals surface area contributed by atoms with E-state index in [4.69, 9.17) is 0 Å². The molecular formula is C38H35N5O5. The number of urea groups is 1. The normalized spacial score (nSPS) is 18.3. The van der Waals surface area contributed by atoms with Gasteiger partial charge in [-0.3, -0.25) is 24.1 Å². The number of carbonyl (C=O) groups excluding carboxylic acids is 5. The SMILES string of the molecule is CN(Cc1ccccc1)C(=O)Nc1ccc(CN2C(=O)C3CCCC3N(C(=O)CN3C(=O)c4ccccc4C3=O)c3ccccc32)cc1. The Morgan fingerprint density at radius 3 is 2.04 bits per heavy atom. The Bertz CT molecular complexity index is 1880. The first-order valence-corrected chi connectivity index (χ1v) is 16.1. The molecule has 2 atom stereocenters. The molecule has 3 aliphatic rings. The molecule has 1 N–H and O–H groups in total. The third-order valence-corrected chi connectivity index (χ3v) is 9.42. The predicted octanol–water partition coefficient (Wildman–Crippen LogP) is 5.70. The molecule has 0 saturated heterocycles. The number of nitrogens with zero attached hydrogens (tertiary/aromatic N) is 4. The van der Waals surface area contributed by atoms with E-state index >= 15 is 0 Å². The highest BCUT2D eigenvalue weighted by molar-refractivity contribution is 6.23. The molecule has 10 nitrogen and oxygen atoms in total. The van der Waals surface area contributed by atoms with E-state index in [9.17, 15) is 24.0 Å². The van der Waals surface area contributed by atoms with Crippen LogP contribution < -0.4 is 15.1 Å². The minimum Gasteiger partial charge on any atom is -0.323 e. The molecular weight excluding hydrogens is 606 g/mol. The fourth-order valence-corrected chi connectivity index (χ4v) is 7.03. The topological polar surface area (TPSA) is 110 Å². The van der Waals surface area contributed by atoms with Crippen LogP contribution in [0, 0.1) is 5.92 Å². The first-order chi connectivity index (χ1) is 23.3. The Kier molecular flexibility index (Phi) is 8.22. The van der Waals surface area contributed by atoms with Gasteiger partial charge in [0.1, 0.15) is 6.54 Å². The maximum atomic E-state index is 14.2. The van der Waals surface area contributed by atoms with E-state index in [1.807, 2.05) is 78.9 Å². The van der Waals surface area contributed by atoms with E-state index in [0.29, 0.717) is 36.4 Å². The zero-order valence-corrected chi connectivity index (χ0v) is 26.5. The van der Waals surface area contributed by atoms with Crippen molar-refractivity contribution < 1.29 is 24.0 Å². The van der Waals surface area contributed by atoms with Gasteiger partial charge in [0, 0.05) is 25.3 Å². The van der Waals surface area contributed by atoms with Crippen LogP contribution in [0.25, 0.3) is 0 Å². The van der Waals surface area contributed by atoms with Crippen LogP contribution in [0.4, 0.5) is 21.9 Å². The van der Waals surface area contributed by atoms with Crippen molar-refractivity contribution in [2.45, 2.75) is 38.4 Å². The Hall–Kier alpha value is -5.77. The van der Waals surface area contributed by atoms with Crippen LogP contribution in [0.3, 0.4) is 0 Å². The van der Waals surface area contributed by atoms with Gasteiger partial charge in [-0.1, -0.05) is 73.2 Å². The molecule has 1 fully saturated rings. The highest BCUT2D eigenvalue weighted by Gasteiger charge is 2.47. The van der Waals surface area contributed by atoms with E-state index in [0.717, 1.165) is 22.4 Å². The van der Waals surface area contributed by atoms with Gasteiger partial charge in [-0.05, 0) is 60.4 Å². The van der Waals surface area contributed by atoms with Gasteiger partial charge in [0.05, 0.1) is 35.0 Å². The van der Waals surface area contributed by atoms with Crippen LogP contribution in [0.15, 0.2) is 103 Å². The van der Waals surface area contributed by atoms with Crippen LogP contribution in [-0.2, 0) is 22.7 Å². The molecule has 242 valence electrons. The number of fused-ring (bicyclic) bond motifs is 3. The zero-order valence-electron chi connectivity index (χ0n) is 26.5. The molecule has 7 rings (SSSR count). The summed E-state index contributed by atoms with van der Waals surface area (Å²) < 4.78 is 0. The molecule has 4 aromatic rings. The minimum atomic E-state index is -0.491. The zero-order chi connectivity index (χ0) is 33.4. The Morgan fingerprint density at radius 2 is 1.35 bits per heavy atom. The highest BCUT2D eigenvalue weighted by Crippen LogP contribution is 2.43. The van der Waals surface area contributed by atoms with Crippen LogP contribution in [0.2, 0.25) is 0 Å². The van der Waals surface area contributed by atoms with Gasteiger partial charge in [0.2, 0.25) is 11.8 Å². The van der Waals surface area contributed by atoms with Crippen molar-refractivity contribution in [2.75, 3.05) is 28.7 Å². The lowest BCUT2D eigenvalue weighted by Crippen LogP contribution is -2.49. The van der Waals surface area contributed by atoms with E-state index in [1.165, 1.54) is 0 Å². The summed E-state index contributed by atoms with van der Waals surface area (Å²) in [4.78, 5) is 73.4. The van der Waals surface area contributed by atoms with Crippen molar-refractivity contribution in [2.24, 2.45) is 5.92 Å². The number of amides is 6. The third-order valence-electron chi connectivity index (χ3n) is 9.42. The standard InChI is InChI=1S/C38H35N5O5/c1-40(22-25-10-3-2-4-11-25)38(48)39-27-20-18-26(19-21-27)23-41-32-15-7-8-16-33(32)43(31-17-9-14-30(31)37(41)47)34(44)24-42-35(45)28-12-5-6-13-29(28)36(42)46/h2-8,10-13,15-16,18-21,30-31H,9,14,17,22-24H2,1H3,(H,39,48). The second-order valence-electron chi connectivity index (χ2n) is 12.5. The van der Waals surface area contributed by atoms with Crippen molar-refractivity contribution in [1.82, 2.24) is 9.80 Å². The quantitative estimate of drug-likeness (QED) is 0.261. The first kappa shape index (κ1) is 30.9. The summed E-state index contributed by atoms with van der Waals surface area (Å²) in [6.07, 6.45) is 2.05. The number of nitrogens with one attached hydrogen (secondary N) is 1. The van der Waals surface area contributed by atoms with Crippen LogP contribution in [0.1, 0.15) is 51.1 Å². The lowest BCUT2D eigenvalue weighted by Gasteiger charge is -2.31. The Balaban J connectivity index is 1.10. The maximum Gasteiger partial charge on any atom is 0.321 e. The molecule has 1 aliphatic carbocycles. The van der Waals surface area contributed by atoms with Gasteiger partial charge >= 0.3 is 6.03 Å². The van der Waals surface area contributed by atoms with Crippen molar-refractivity contribution in [3.8, 4) is 0 Å². The Labute approximate surface area is 278 Å². The molecule has 2 unspecified atom stereocenters. The van der Waals surface area contributed by atoms with E-state index in [1.54, 1.807) is 46.0 Å². The van der Waals surface area contributed by atoms with Crippen LogP contribution in [0.5, 0.6) is 0 Å². The Morgan fingerprint density at radius 1 is 0.729 bits per heavy atom. The number of benzene rings is 4. The van der Waals surface area contributed by atoms with Gasteiger partial charge < -0.3 is 20.0 Å². The number of hydrogen-bond acceptors (Lipinski definition) is 5. The van der Waals surface area contributed by atoms with Crippen LogP contribution >= 0.6 is 0 Å². The van der Waals surface area contributed by atoms with Gasteiger partial charge in [0.25, 0.3) is 11.8 Å². The second-order valence-corrected chi connectivity index (χ2v) is 12.5. The fourth-order valence-electron chi connectivity index (χ4n) is 7.03. The maximum absolute atomic E-state index is 14.2. The van der Waals surface area contributed by atoms with Crippen molar-refractivity contribution in [3.63, 3.8) is 0 Å². The number of hydrogen-bond donors (Lipinski definition) is 1. The predicted molar refractivity (Wildman–Crippen MR) is 181 cm³/mol. The summed E-state index contributed by atoms with van der Waals surface area (Å²) in [6.45, 7) is 0.328. The average molecular weight is 642 g/mol. The molecule has 0 spiro atoms. The largest absolute Gasteiger partial charge is 0.323 e. The van der Waals surface area contributed by atoms with Crippen molar-refractivity contribution in [3.05, 3.63) is 125 Å². The lowest BCUT2D eigenvalue weighted by atomic mass is 10.0. The number of anilines is 3. The number of para-hydroxylation sites is 2. The summed E-state index contributed by atoms with van der Waals surface area (Å²) in [5.41, 5.74) is 4.26. The summed E-state index contributed by atoms with van der Waals surface area (Å²) >= 11 is 0. The molecule has 0 aromatic heterocycles. The molecule has 6 amide bonds. The highest BCUT2D eigenvalue weighted by atomic mass is 16.2. The molecule has 0 bridgehead atoms. The molecule has 48 heavy (non-hydrogen) atoms. The van der Waals surface area contributed by atoms with E-state index in [2.05, 4.69) is 5.32 Å². The average Bonchev–Trinajstić information content (AvgIpc) is 3.65. The summed E-state index contributed by atoms with van der Waals surface area (Å²) in [6, 6.07) is 30.4. The number of rotatable bonds is 7. The van der Waals surface area contributed by atoms with Gasteiger partial charge in [-0.25, -0.2) is 4.79 Å². The fraction of sp³-hybridized carbons (Fsp3) is 0.237. The van der Waals surface area contributed by atoms with Gasteiger partial charge in [0.15, 0.2) is 0 Å². The third kappa shape index (κ3) is 5.70. The first-order valence-electron chi connectivity index (χ1n) is 16.1. The van der Waals surface area contributed by atoms with Gasteiger partial charge in [-0.2, -0.15) is 0 Å². The molecule has 4 aromatic carbocycles. The van der Waals surface area contributed by atoms with E-state index in [-0.39, 0.29) is 29.6 Å².